The van der Waals surface area contributed by atoms with Crippen molar-refractivity contribution in [1.82, 2.24) is 0 Å². The molecule has 0 spiro atoms. The van der Waals surface area contributed by atoms with Gasteiger partial charge in [-0.3, -0.25) is 9.59 Å². The van der Waals surface area contributed by atoms with Gasteiger partial charge in [0.25, 0.3) is 0 Å². The predicted octanol–water partition coefficient (Wildman–Crippen LogP) is 3.12. The maximum absolute atomic E-state index is 12.5. The molecule has 0 aliphatic carbocycles. The van der Waals surface area contributed by atoms with Crippen molar-refractivity contribution in [3.05, 3.63) is 59.1 Å². The number of esters is 1. The van der Waals surface area contributed by atoms with Crippen LogP contribution in [0, 0.1) is 5.92 Å². The van der Waals surface area contributed by atoms with E-state index >= 15 is 0 Å². The van der Waals surface area contributed by atoms with Crippen LogP contribution in [0.4, 0.5) is 11.4 Å². The molecule has 6 nitrogen and oxygen atoms in total. The fourth-order valence-electron chi connectivity index (χ4n) is 2.81. The lowest BCUT2D eigenvalue weighted by atomic mass is 10.1. The maximum Gasteiger partial charge on any atom is 0.337 e. The Hall–Kier alpha value is -2.86. The van der Waals surface area contributed by atoms with Gasteiger partial charge >= 0.3 is 5.97 Å². The first-order chi connectivity index (χ1) is 12.5. The van der Waals surface area contributed by atoms with E-state index in [9.17, 15) is 14.4 Å². The van der Waals surface area contributed by atoms with E-state index in [1.54, 1.807) is 53.4 Å². The summed E-state index contributed by atoms with van der Waals surface area (Å²) in [6, 6.07) is 13.3. The van der Waals surface area contributed by atoms with Gasteiger partial charge in [-0.25, -0.2) is 4.79 Å². The molecular formula is C19H17ClN2O4. The van der Waals surface area contributed by atoms with Crippen molar-refractivity contribution in [1.29, 1.82) is 0 Å². The van der Waals surface area contributed by atoms with E-state index in [0.717, 1.165) is 5.69 Å². The summed E-state index contributed by atoms with van der Waals surface area (Å²) in [4.78, 5) is 37.7. The van der Waals surface area contributed by atoms with Crippen molar-refractivity contribution in [3.63, 3.8) is 0 Å². The fourth-order valence-corrected chi connectivity index (χ4v) is 2.93. The van der Waals surface area contributed by atoms with Crippen LogP contribution in [0.2, 0.25) is 5.02 Å². The van der Waals surface area contributed by atoms with E-state index in [1.807, 2.05) is 0 Å². The minimum atomic E-state index is -0.446. The highest BCUT2D eigenvalue weighted by atomic mass is 35.5. The van der Waals surface area contributed by atoms with Crippen molar-refractivity contribution in [2.75, 3.05) is 23.9 Å². The first kappa shape index (κ1) is 17.9. The van der Waals surface area contributed by atoms with E-state index in [0.29, 0.717) is 22.8 Å². The number of hydrogen-bond acceptors (Lipinski definition) is 4. The molecule has 1 atom stereocenters. The van der Waals surface area contributed by atoms with E-state index in [1.165, 1.54) is 7.11 Å². The highest BCUT2D eigenvalue weighted by Gasteiger charge is 2.35. The van der Waals surface area contributed by atoms with Crippen molar-refractivity contribution in [2.45, 2.75) is 6.42 Å². The van der Waals surface area contributed by atoms with Crippen LogP contribution >= 0.6 is 11.6 Å². The third-order valence-electron chi connectivity index (χ3n) is 4.21. The number of methoxy groups -OCH3 is 1. The lowest BCUT2D eigenvalue weighted by Crippen LogP contribution is -2.28. The summed E-state index contributed by atoms with van der Waals surface area (Å²) in [7, 11) is 1.31. The Morgan fingerprint density at radius 2 is 1.77 bits per heavy atom. The van der Waals surface area contributed by atoms with Crippen molar-refractivity contribution in [2.24, 2.45) is 5.92 Å². The van der Waals surface area contributed by atoms with Gasteiger partial charge in [-0.15, -0.1) is 0 Å². The van der Waals surface area contributed by atoms with Crippen LogP contribution in [0.3, 0.4) is 0 Å². The van der Waals surface area contributed by atoms with E-state index in [2.05, 4.69) is 10.1 Å². The lowest BCUT2D eigenvalue weighted by molar-refractivity contribution is -0.122. The quantitative estimate of drug-likeness (QED) is 0.837. The number of hydrogen-bond donors (Lipinski definition) is 1. The normalized spacial score (nSPS) is 16.5. The number of ether oxygens (including phenoxy) is 1. The number of carbonyl (C=O) groups excluding carboxylic acids is 3. The molecule has 0 radical (unpaired) electrons. The average Bonchev–Trinajstić information content (AvgIpc) is 3.04. The Bertz CT molecular complexity index is 834. The van der Waals surface area contributed by atoms with Crippen LogP contribution in [-0.2, 0) is 14.3 Å². The summed E-state index contributed by atoms with van der Waals surface area (Å²) in [6.07, 6.45) is 0.148. The summed E-state index contributed by atoms with van der Waals surface area (Å²) in [5.41, 5.74) is 1.67. The Labute approximate surface area is 155 Å². The van der Waals surface area contributed by atoms with E-state index < -0.39 is 11.9 Å². The molecule has 7 heteroatoms. The fraction of sp³-hybridized carbons (Fsp3) is 0.211. The second-order valence-electron chi connectivity index (χ2n) is 5.94. The number of halogens is 1. The summed E-state index contributed by atoms with van der Waals surface area (Å²) < 4.78 is 4.63. The van der Waals surface area contributed by atoms with Crippen LogP contribution in [0.15, 0.2) is 48.5 Å². The average molecular weight is 373 g/mol. The largest absolute Gasteiger partial charge is 0.465 e. The second-order valence-corrected chi connectivity index (χ2v) is 6.38. The molecule has 26 heavy (non-hydrogen) atoms. The molecule has 2 aromatic carbocycles. The van der Waals surface area contributed by atoms with Gasteiger partial charge in [-0.05, 0) is 48.5 Å². The maximum atomic E-state index is 12.5. The summed E-state index contributed by atoms with van der Waals surface area (Å²) >= 11 is 5.87. The minimum absolute atomic E-state index is 0.103. The summed E-state index contributed by atoms with van der Waals surface area (Å²) in [5.74, 6) is -1.23. The number of nitrogens with zero attached hydrogens (tertiary/aromatic N) is 1. The first-order valence-corrected chi connectivity index (χ1v) is 8.41. The van der Waals surface area contributed by atoms with Gasteiger partial charge in [0.1, 0.15) is 0 Å². The van der Waals surface area contributed by atoms with Crippen LogP contribution in [0.1, 0.15) is 16.8 Å². The van der Waals surface area contributed by atoms with Crippen LogP contribution in [0.5, 0.6) is 0 Å². The van der Waals surface area contributed by atoms with Crippen molar-refractivity contribution in [3.8, 4) is 0 Å². The molecule has 1 aliphatic rings. The molecule has 0 bridgehead atoms. The molecule has 1 heterocycles. The van der Waals surface area contributed by atoms with Gasteiger partial charge in [-0.1, -0.05) is 11.6 Å². The van der Waals surface area contributed by atoms with Crippen LogP contribution in [0.25, 0.3) is 0 Å². The zero-order valence-corrected chi connectivity index (χ0v) is 14.8. The Morgan fingerprint density at radius 3 is 2.38 bits per heavy atom. The minimum Gasteiger partial charge on any atom is -0.465 e. The number of anilines is 2. The summed E-state index contributed by atoms with van der Waals surface area (Å²) in [5, 5.41) is 3.37. The Kier molecular flexibility index (Phi) is 5.23. The molecule has 1 fully saturated rings. The standard InChI is InChI=1S/C19H17ClN2O4/c1-26-19(25)12-2-6-15(7-3-12)21-18(24)13-10-17(23)22(11-13)16-8-4-14(20)5-9-16/h2-9,13H,10-11H2,1H3,(H,21,24)/t13-/m1/s1. The third-order valence-corrected chi connectivity index (χ3v) is 4.46. The predicted molar refractivity (Wildman–Crippen MR) is 98.3 cm³/mol. The van der Waals surface area contributed by atoms with Crippen molar-refractivity contribution < 1.29 is 19.1 Å². The second kappa shape index (κ2) is 7.58. The molecule has 0 aromatic heterocycles. The summed E-state index contributed by atoms with van der Waals surface area (Å²) in [6.45, 7) is 0.312. The van der Waals surface area contributed by atoms with Gasteiger partial charge in [0, 0.05) is 29.4 Å². The Morgan fingerprint density at radius 1 is 1.12 bits per heavy atom. The zero-order chi connectivity index (χ0) is 18.7. The first-order valence-electron chi connectivity index (χ1n) is 8.03. The molecule has 0 saturated carbocycles. The number of nitrogens with one attached hydrogen (secondary N) is 1. The zero-order valence-electron chi connectivity index (χ0n) is 14.1. The van der Waals surface area contributed by atoms with Gasteiger partial charge < -0.3 is 15.0 Å². The van der Waals surface area contributed by atoms with Crippen molar-refractivity contribution >= 4 is 40.8 Å². The lowest BCUT2D eigenvalue weighted by Gasteiger charge is -2.16. The van der Waals surface area contributed by atoms with Crippen LogP contribution in [-0.4, -0.2) is 31.4 Å². The molecule has 2 aromatic rings. The molecule has 1 N–H and O–H groups in total. The van der Waals surface area contributed by atoms with Gasteiger partial charge in [-0.2, -0.15) is 0 Å². The molecule has 134 valence electrons. The molecule has 1 saturated heterocycles. The van der Waals surface area contributed by atoms with E-state index in [-0.39, 0.29) is 18.2 Å². The van der Waals surface area contributed by atoms with Gasteiger partial charge in [0.05, 0.1) is 18.6 Å². The van der Waals surface area contributed by atoms with Gasteiger partial charge in [0.2, 0.25) is 11.8 Å². The monoisotopic (exact) mass is 372 g/mol. The smallest absolute Gasteiger partial charge is 0.337 e. The SMILES string of the molecule is COC(=O)c1ccc(NC(=O)[C@@H]2CC(=O)N(c3ccc(Cl)cc3)C2)cc1. The third kappa shape index (κ3) is 3.86. The molecule has 2 amide bonds. The number of carbonyl (C=O) groups is 3. The van der Waals surface area contributed by atoms with E-state index in [4.69, 9.17) is 11.6 Å². The Balaban J connectivity index is 1.64. The van der Waals surface area contributed by atoms with Crippen LogP contribution < -0.4 is 10.2 Å². The number of benzene rings is 2. The molecule has 1 aliphatic heterocycles. The molecule has 3 rings (SSSR count). The number of rotatable bonds is 4. The highest BCUT2D eigenvalue weighted by Crippen LogP contribution is 2.27. The molecule has 0 unspecified atom stereocenters. The van der Waals surface area contributed by atoms with Gasteiger partial charge in [0.15, 0.2) is 0 Å². The number of amides is 2. The molecular weight excluding hydrogens is 356 g/mol. The highest BCUT2D eigenvalue weighted by molar-refractivity contribution is 6.30. The topological polar surface area (TPSA) is 75.7 Å².